The van der Waals surface area contributed by atoms with Crippen LogP contribution in [-0.4, -0.2) is 35.2 Å². The second kappa shape index (κ2) is 5.24. The SMILES string of the molecule is O=C(OCc1ccccc1)N1CC2=CCCC2(C(=O)O)C1. The van der Waals surface area contributed by atoms with Gasteiger partial charge in [0.25, 0.3) is 0 Å². The van der Waals surface area contributed by atoms with Gasteiger partial charge in [0.2, 0.25) is 0 Å². The zero-order valence-electron chi connectivity index (χ0n) is 11.6. The first-order valence-electron chi connectivity index (χ1n) is 7.00. The minimum atomic E-state index is -0.883. The highest BCUT2D eigenvalue weighted by atomic mass is 16.6. The maximum Gasteiger partial charge on any atom is 0.410 e. The van der Waals surface area contributed by atoms with Crippen LogP contribution in [0.3, 0.4) is 0 Å². The number of carbonyl (C=O) groups is 2. The number of likely N-dealkylation sites (tertiary alicyclic amines) is 1. The lowest BCUT2D eigenvalue weighted by Gasteiger charge is -2.21. The van der Waals surface area contributed by atoms with Crippen LogP contribution in [0.15, 0.2) is 42.0 Å². The highest BCUT2D eigenvalue weighted by Crippen LogP contribution is 2.45. The molecule has 1 aliphatic carbocycles. The molecule has 1 aromatic carbocycles. The molecular weight excluding hydrogens is 270 g/mol. The van der Waals surface area contributed by atoms with Crippen LogP contribution in [0, 0.1) is 5.41 Å². The maximum absolute atomic E-state index is 12.1. The molecule has 1 aromatic rings. The van der Waals surface area contributed by atoms with E-state index in [4.69, 9.17) is 4.74 Å². The molecule has 21 heavy (non-hydrogen) atoms. The predicted molar refractivity (Wildman–Crippen MR) is 75.6 cm³/mol. The average Bonchev–Trinajstić information content (AvgIpc) is 3.03. The summed E-state index contributed by atoms with van der Waals surface area (Å²) in [4.78, 5) is 25.1. The van der Waals surface area contributed by atoms with Gasteiger partial charge in [-0.3, -0.25) is 4.79 Å². The smallest absolute Gasteiger partial charge is 0.410 e. The summed E-state index contributed by atoms with van der Waals surface area (Å²) in [5.41, 5.74) is 0.871. The van der Waals surface area contributed by atoms with Gasteiger partial charge in [0, 0.05) is 13.1 Å². The van der Waals surface area contributed by atoms with Gasteiger partial charge in [0.1, 0.15) is 12.0 Å². The van der Waals surface area contributed by atoms with E-state index in [0.29, 0.717) is 13.0 Å². The van der Waals surface area contributed by atoms with Crippen molar-refractivity contribution in [2.75, 3.05) is 13.1 Å². The number of nitrogens with zero attached hydrogens (tertiary/aromatic N) is 1. The molecule has 1 atom stereocenters. The molecule has 110 valence electrons. The van der Waals surface area contributed by atoms with Crippen LogP contribution in [0.1, 0.15) is 18.4 Å². The lowest BCUT2D eigenvalue weighted by Crippen LogP contribution is -2.36. The van der Waals surface area contributed by atoms with Crippen molar-refractivity contribution in [3.63, 3.8) is 0 Å². The fourth-order valence-corrected chi connectivity index (χ4v) is 3.08. The lowest BCUT2D eigenvalue weighted by atomic mass is 9.84. The van der Waals surface area contributed by atoms with Crippen molar-refractivity contribution >= 4 is 12.1 Å². The number of aliphatic carboxylic acids is 1. The van der Waals surface area contributed by atoms with Crippen molar-refractivity contribution < 1.29 is 19.4 Å². The first-order valence-corrected chi connectivity index (χ1v) is 7.00. The van der Waals surface area contributed by atoms with Gasteiger partial charge in [-0.2, -0.15) is 0 Å². The predicted octanol–water partition coefficient (Wildman–Crippen LogP) is 2.43. The Balaban J connectivity index is 1.64. The zero-order chi connectivity index (χ0) is 14.9. The molecule has 1 amide bonds. The summed E-state index contributed by atoms with van der Waals surface area (Å²) in [6.07, 6.45) is 2.84. The molecule has 5 nitrogen and oxygen atoms in total. The van der Waals surface area contributed by atoms with Crippen molar-refractivity contribution in [1.29, 1.82) is 0 Å². The Morgan fingerprint density at radius 1 is 1.29 bits per heavy atom. The quantitative estimate of drug-likeness (QED) is 0.867. The van der Waals surface area contributed by atoms with Gasteiger partial charge in [-0.25, -0.2) is 4.79 Å². The van der Waals surface area contributed by atoms with Crippen LogP contribution in [0.2, 0.25) is 0 Å². The molecule has 0 spiro atoms. The van der Waals surface area contributed by atoms with Gasteiger partial charge < -0.3 is 14.7 Å². The molecule has 0 bridgehead atoms. The third kappa shape index (κ3) is 2.39. The van der Waals surface area contributed by atoms with Crippen molar-refractivity contribution in [2.45, 2.75) is 19.4 Å². The van der Waals surface area contributed by atoms with E-state index in [1.165, 1.54) is 4.90 Å². The maximum atomic E-state index is 12.1. The van der Waals surface area contributed by atoms with Gasteiger partial charge in [-0.05, 0) is 24.0 Å². The number of carboxylic acid groups (broad SMARTS) is 1. The summed E-state index contributed by atoms with van der Waals surface area (Å²) in [5, 5.41) is 9.46. The Hall–Kier alpha value is -2.30. The molecule has 1 aliphatic heterocycles. The van der Waals surface area contributed by atoms with Gasteiger partial charge in [-0.15, -0.1) is 0 Å². The molecule has 5 heteroatoms. The van der Waals surface area contributed by atoms with Crippen LogP contribution in [0.25, 0.3) is 0 Å². The second-order valence-corrected chi connectivity index (χ2v) is 5.55. The number of ether oxygens (including phenoxy) is 1. The molecule has 3 rings (SSSR count). The average molecular weight is 287 g/mol. The Labute approximate surface area is 122 Å². The van der Waals surface area contributed by atoms with Crippen LogP contribution >= 0.6 is 0 Å². The topological polar surface area (TPSA) is 66.8 Å². The van der Waals surface area contributed by atoms with E-state index in [1.54, 1.807) is 0 Å². The first kappa shape index (κ1) is 13.7. The highest BCUT2D eigenvalue weighted by molar-refractivity contribution is 5.83. The Bertz CT molecular complexity index is 596. The van der Waals surface area contributed by atoms with Gasteiger partial charge in [0.15, 0.2) is 0 Å². The molecule has 1 heterocycles. The minimum Gasteiger partial charge on any atom is -0.481 e. The standard InChI is InChI=1S/C16H17NO4/c18-14(19)16-8-4-7-13(16)9-17(11-16)15(20)21-10-12-5-2-1-3-6-12/h1-3,5-7H,4,8-11H2,(H,18,19). The molecular formula is C16H17NO4. The van der Waals surface area contributed by atoms with E-state index in [1.807, 2.05) is 36.4 Å². The third-order valence-corrected chi connectivity index (χ3v) is 4.27. The highest BCUT2D eigenvalue weighted by Gasteiger charge is 2.52. The van der Waals surface area contributed by atoms with E-state index in [2.05, 4.69) is 0 Å². The Morgan fingerprint density at radius 3 is 2.71 bits per heavy atom. The van der Waals surface area contributed by atoms with Crippen LogP contribution in [-0.2, 0) is 16.1 Å². The molecule has 1 fully saturated rings. The number of carbonyl (C=O) groups excluding carboxylic acids is 1. The van der Waals surface area contributed by atoms with Crippen LogP contribution in [0.4, 0.5) is 4.79 Å². The van der Waals surface area contributed by atoms with Gasteiger partial charge >= 0.3 is 12.1 Å². The van der Waals surface area contributed by atoms with Crippen molar-refractivity contribution in [3.05, 3.63) is 47.5 Å². The lowest BCUT2D eigenvalue weighted by molar-refractivity contribution is -0.146. The number of fused-ring (bicyclic) bond motifs is 1. The summed E-state index contributed by atoms with van der Waals surface area (Å²) < 4.78 is 5.27. The second-order valence-electron chi connectivity index (χ2n) is 5.55. The zero-order valence-corrected chi connectivity index (χ0v) is 11.6. The minimum absolute atomic E-state index is 0.204. The fourth-order valence-electron chi connectivity index (χ4n) is 3.08. The van der Waals surface area contributed by atoms with Crippen molar-refractivity contribution in [3.8, 4) is 0 Å². The van der Waals surface area contributed by atoms with Crippen molar-refractivity contribution in [2.24, 2.45) is 5.41 Å². The third-order valence-electron chi connectivity index (χ3n) is 4.27. The summed E-state index contributed by atoms with van der Waals surface area (Å²) in [5.74, 6) is -0.843. The summed E-state index contributed by atoms with van der Waals surface area (Å²) in [7, 11) is 0. The van der Waals surface area contributed by atoms with Gasteiger partial charge in [-0.1, -0.05) is 36.4 Å². The van der Waals surface area contributed by atoms with E-state index >= 15 is 0 Å². The number of amides is 1. The molecule has 1 unspecified atom stereocenters. The molecule has 0 aromatic heterocycles. The Morgan fingerprint density at radius 2 is 2.05 bits per heavy atom. The van der Waals surface area contributed by atoms with Crippen LogP contribution in [0.5, 0.6) is 0 Å². The first-order chi connectivity index (χ1) is 10.1. The number of hydrogen-bond donors (Lipinski definition) is 1. The monoisotopic (exact) mass is 287 g/mol. The Kier molecular flexibility index (Phi) is 3.41. The van der Waals surface area contributed by atoms with E-state index in [0.717, 1.165) is 17.6 Å². The number of hydrogen-bond acceptors (Lipinski definition) is 3. The number of rotatable bonds is 3. The van der Waals surface area contributed by atoms with Gasteiger partial charge in [0.05, 0.1) is 0 Å². The van der Waals surface area contributed by atoms with E-state index in [-0.39, 0.29) is 13.2 Å². The molecule has 1 saturated heterocycles. The molecule has 0 saturated carbocycles. The normalized spacial score (nSPS) is 23.6. The largest absolute Gasteiger partial charge is 0.481 e. The van der Waals surface area contributed by atoms with Crippen molar-refractivity contribution in [1.82, 2.24) is 4.90 Å². The number of benzene rings is 1. The molecule has 1 N–H and O–H groups in total. The number of carboxylic acids is 1. The fraction of sp³-hybridized carbons (Fsp3) is 0.375. The summed E-state index contributed by atoms with van der Waals surface area (Å²) >= 11 is 0. The molecule has 2 aliphatic rings. The number of allylic oxidation sites excluding steroid dienone is 1. The van der Waals surface area contributed by atoms with E-state index < -0.39 is 17.5 Å². The van der Waals surface area contributed by atoms with Crippen LogP contribution < -0.4 is 0 Å². The summed E-state index contributed by atoms with van der Waals surface area (Å²) in [6, 6.07) is 9.43. The van der Waals surface area contributed by atoms with E-state index in [9.17, 15) is 14.7 Å². The molecule has 0 radical (unpaired) electrons. The summed E-state index contributed by atoms with van der Waals surface area (Å²) in [6.45, 7) is 0.775.